The minimum atomic E-state index is -0.330. The fraction of sp³-hybridized carbons (Fsp3) is 0.364. The summed E-state index contributed by atoms with van der Waals surface area (Å²) in [6.07, 6.45) is 3.04. The molecule has 2 aromatic rings. The molecule has 1 aromatic heterocycles. The maximum Gasteiger partial charge on any atom is 0.251 e. The average Bonchev–Trinajstić information content (AvgIpc) is 2.79. The van der Waals surface area contributed by atoms with Gasteiger partial charge in [-0.25, -0.2) is 4.98 Å². The molecular formula is C22H25BrN4O4. The van der Waals surface area contributed by atoms with E-state index in [2.05, 4.69) is 31.5 Å². The Labute approximate surface area is 189 Å². The van der Waals surface area contributed by atoms with E-state index in [1.165, 1.54) is 0 Å². The molecule has 0 aliphatic carbocycles. The van der Waals surface area contributed by atoms with Gasteiger partial charge in [0.2, 0.25) is 11.8 Å². The lowest BCUT2D eigenvalue weighted by Gasteiger charge is -2.32. The number of amides is 3. The van der Waals surface area contributed by atoms with E-state index in [-0.39, 0.29) is 30.2 Å². The van der Waals surface area contributed by atoms with Gasteiger partial charge in [-0.15, -0.1) is 0 Å². The highest BCUT2D eigenvalue weighted by atomic mass is 79.9. The molecule has 9 heteroatoms. The molecule has 0 radical (unpaired) electrons. The number of nitrogens with zero attached hydrogens (tertiary/aromatic N) is 2. The van der Waals surface area contributed by atoms with Crippen molar-refractivity contribution >= 4 is 39.5 Å². The van der Waals surface area contributed by atoms with Gasteiger partial charge in [0, 0.05) is 29.3 Å². The van der Waals surface area contributed by atoms with Gasteiger partial charge in [0.25, 0.3) is 5.91 Å². The molecule has 0 saturated carbocycles. The van der Waals surface area contributed by atoms with Gasteiger partial charge < -0.3 is 20.3 Å². The monoisotopic (exact) mass is 488 g/mol. The summed E-state index contributed by atoms with van der Waals surface area (Å²) in [6, 6.07) is 10.3. The number of hydrogen-bond acceptors (Lipinski definition) is 5. The largest absolute Gasteiger partial charge is 0.494 e. The van der Waals surface area contributed by atoms with Gasteiger partial charge in [0.15, 0.2) is 0 Å². The standard InChI is InChI=1S/C22H25BrN4O4/c1-2-31-18-8-5-15(6-9-18)21(29)25-13-20(28)27-11-3-4-16(14-27)22(30)26-19-10-7-17(23)12-24-19/h5-10,12,16H,2-4,11,13-14H2,1H3,(H,25,29)(H,24,26,30). The maximum absolute atomic E-state index is 12.6. The highest BCUT2D eigenvalue weighted by Gasteiger charge is 2.28. The van der Waals surface area contributed by atoms with Crippen LogP contribution in [0.5, 0.6) is 5.75 Å². The normalized spacial score (nSPS) is 15.8. The van der Waals surface area contributed by atoms with E-state index in [0.29, 0.717) is 43.2 Å². The van der Waals surface area contributed by atoms with Gasteiger partial charge in [-0.1, -0.05) is 0 Å². The summed E-state index contributed by atoms with van der Waals surface area (Å²) in [5, 5.41) is 5.45. The zero-order chi connectivity index (χ0) is 22.2. The van der Waals surface area contributed by atoms with E-state index < -0.39 is 0 Å². The zero-order valence-corrected chi connectivity index (χ0v) is 18.9. The number of nitrogens with one attached hydrogen (secondary N) is 2. The van der Waals surface area contributed by atoms with Gasteiger partial charge in [-0.3, -0.25) is 14.4 Å². The second-order valence-electron chi connectivity index (χ2n) is 7.17. The zero-order valence-electron chi connectivity index (χ0n) is 17.3. The topological polar surface area (TPSA) is 101 Å². The second kappa shape index (κ2) is 10.9. The summed E-state index contributed by atoms with van der Waals surface area (Å²) in [5.41, 5.74) is 0.453. The van der Waals surface area contributed by atoms with Crippen molar-refractivity contribution in [1.82, 2.24) is 15.2 Å². The van der Waals surface area contributed by atoms with E-state index in [0.717, 1.165) is 10.9 Å². The van der Waals surface area contributed by atoms with Gasteiger partial charge >= 0.3 is 0 Å². The molecule has 1 atom stereocenters. The molecule has 164 valence electrons. The van der Waals surface area contributed by atoms with Crippen LogP contribution in [0, 0.1) is 5.92 Å². The molecule has 31 heavy (non-hydrogen) atoms. The predicted octanol–water partition coefficient (Wildman–Crippen LogP) is 2.85. The Morgan fingerprint density at radius 1 is 1.19 bits per heavy atom. The van der Waals surface area contributed by atoms with Crippen LogP contribution in [0.3, 0.4) is 0 Å². The highest BCUT2D eigenvalue weighted by molar-refractivity contribution is 9.10. The summed E-state index contributed by atoms with van der Waals surface area (Å²) in [7, 11) is 0. The van der Waals surface area contributed by atoms with Crippen molar-refractivity contribution in [2.24, 2.45) is 5.92 Å². The Hall–Kier alpha value is -2.94. The minimum absolute atomic E-state index is 0.116. The fourth-order valence-electron chi connectivity index (χ4n) is 3.33. The Kier molecular flexibility index (Phi) is 8.00. The molecule has 1 saturated heterocycles. The van der Waals surface area contributed by atoms with Crippen molar-refractivity contribution in [3.8, 4) is 5.75 Å². The number of likely N-dealkylation sites (tertiary alicyclic amines) is 1. The molecular weight excluding hydrogens is 464 g/mol. The summed E-state index contributed by atoms with van der Waals surface area (Å²) in [6.45, 7) is 3.21. The SMILES string of the molecule is CCOc1ccc(C(=O)NCC(=O)N2CCCC(C(=O)Nc3ccc(Br)cn3)C2)cc1. The molecule has 0 spiro atoms. The van der Waals surface area contributed by atoms with Crippen LogP contribution in [-0.2, 0) is 9.59 Å². The Balaban J connectivity index is 1.49. The first-order chi connectivity index (χ1) is 15.0. The predicted molar refractivity (Wildman–Crippen MR) is 120 cm³/mol. The van der Waals surface area contributed by atoms with Crippen molar-refractivity contribution in [3.05, 3.63) is 52.6 Å². The number of anilines is 1. The lowest BCUT2D eigenvalue weighted by molar-refractivity contribution is -0.133. The van der Waals surface area contributed by atoms with Crippen molar-refractivity contribution in [3.63, 3.8) is 0 Å². The second-order valence-corrected chi connectivity index (χ2v) is 8.09. The average molecular weight is 489 g/mol. The number of carbonyl (C=O) groups excluding carboxylic acids is 3. The molecule has 1 aromatic carbocycles. The summed E-state index contributed by atoms with van der Waals surface area (Å²) < 4.78 is 6.19. The minimum Gasteiger partial charge on any atom is -0.494 e. The van der Waals surface area contributed by atoms with Crippen LogP contribution >= 0.6 is 15.9 Å². The number of halogens is 1. The molecule has 3 rings (SSSR count). The fourth-order valence-corrected chi connectivity index (χ4v) is 3.57. The number of aromatic nitrogens is 1. The number of piperidine rings is 1. The highest BCUT2D eigenvalue weighted by Crippen LogP contribution is 2.19. The van der Waals surface area contributed by atoms with Crippen molar-refractivity contribution in [2.75, 3.05) is 31.6 Å². The molecule has 1 aliphatic heterocycles. The molecule has 3 amide bonds. The summed E-state index contributed by atoms with van der Waals surface area (Å²) in [5.74, 6) is 0.142. The van der Waals surface area contributed by atoms with Crippen molar-refractivity contribution in [2.45, 2.75) is 19.8 Å². The molecule has 8 nitrogen and oxygen atoms in total. The van der Waals surface area contributed by atoms with E-state index >= 15 is 0 Å². The third-order valence-electron chi connectivity index (χ3n) is 4.95. The van der Waals surface area contributed by atoms with Crippen LogP contribution in [-0.4, -0.2) is 53.8 Å². The van der Waals surface area contributed by atoms with Gasteiger partial charge in [0.05, 0.1) is 19.1 Å². The van der Waals surface area contributed by atoms with Crippen LogP contribution in [0.4, 0.5) is 5.82 Å². The van der Waals surface area contributed by atoms with Crippen molar-refractivity contribution < 1.29 is 19.1 Å². The van der Waals surface area contributed by atoms with E-state index in [9.17, 15) is 14.4 Å². The first-order valence-electron chi connectivity index (χ1n) is 10.2. The van der Waals surface area contributed by atoms with Gasteiger partial charge in [-0.05, 0) is 72.1 Å². The number of benzene rings is 1. The number of rotatable bonds is 7. The molecule has 1 fully saturated rings. The molecule has 0 bridgehead atoms. The third kappa shape index (κ3) is 6.52. The first-order valence-corrected chi connectivity index (χ1v) is 11.0. The van der Waals surface area contributed by atoms with Crippen LogP contribution in [0.25, 0.3) is 0 Å². The van der Waals surface area contributed by atoms with Crippen molar-refractivity contribution in [1.29, 1.82) is 0 Å². The number of hydrogen-bond donors (Lipinski definition) is 2. The Morgan fingerprint density at radius 3 is 2.65 bits per heavy atom. The van der Waals surface area contributed by atoms with E-state index in [1.807, 2.05) is 6.92 Å². The van der Waals surface area contributed by atoms with Gasteiger partial charge in [-0.2, -0.15) is 0 Å². The number of carbonyl (C=O) groups is 3. The smallest absolute Gasteiger partial charge is 0.251 e. The quantitative estimate of drug-likeness (QED) is 0.623. The van der Waals surface area contributed by atoms with E-state index in [4.69, 9.17) is 4.74 Å². The Bertz CT molecular complexity index is 918. The van der Waals surface area contributed by atoms with Gasteiger partial charge in [0.1, 0.15) is 11.6 Å². The summed E-state index contributed by atoms with van der Waals surface area (Å²) in [4.78, 5) is 43.2. The van der Waals surface area contributed by atoms with Crippen LogP contribution in [0.15, 0.2) is 47.1 Å². The first kappa shape index (κ1) is 22.7. The molecule has 2 N–H and O–H groups in total. The van der Waals surface area contributed by atoms with E-state index in [1.54, 1.807) is 47.5 Å². The summed E-state index contributed by atoms with van der Waals surface area (Å²) >= 11 is 3.31. The van der Waals surface area contributed by atoms with Crippen LogP contribution in [0.2, 0.25) is 0 Å². The Morgan fingerprint density at radius 2 is 1.97 bits per heavy atom. The lowest BCUT2D eigenvalue weighted by Crippen LogP contribution is -2.47. The number of pyridine rings is 1. The number of ether oxygens (including phenoxy) is 1. The molecule has 1 unspecified atom stereocenters. The lowest BCUT2D eigenvalue weighted by atomic mass is 9.97. The molecule has 1 aliphatic rings. The van der Waals surface area contributed by atoms with Crippen LogP contribution in [0.1, 0.15) is 30.1 Å². The third-order valence-corrected chi connectivity index (χ3v) is 5.42. The maximum atomic E-state index is 12.6. The molecule has 2 heterocycles. The van der Waals surface area contributed by atoms with Crippen LogP contribution < -0.4 is 15.4 Å².